The Bertz CT molecular complexity index is 1460. The van der Waals surface area contributed by atoms with Crippen LogP contribution >= 0.6 is 0 Å². The van der Waals surface area contributed by atoms with Crippen LogP contribution in [0.25, 0.3) is 5.70 Å². The summed E-state index contributed by atoms with van der Waals surface area (Å²) in [7, 11) is 0. The molecular weight excluding hydrogens is 478 g/mol. The predicted molar refractivity (Wildman–Crippen MR) is 151 cm³/mol. The van der Waals surface area contributed by atoms with Gasteiger partial charge in [0.1, 0.15) is 0 Å². The van der Waals surface area contributed by atoms with Crippen molar-refractivity contribution in [3.8, 4) is 0 Å². The number of anilines is 2. The van der Waals surface area contributed by atoms with Crippen molar-refractivity contribution in [1.82, 2.24) is 0 Å². The molecule has 7 heteroatoms. The lowest BCUT2D eigenvalue weighted by molar-refractivity contribution is -0.114. The highest BCUT2D eigenvalue weighted by Crippen LogP contribution is 2.30. The third-order valence-corrected chi connectivity index (χ3v) is 6.55. The van der Waals surface area contributed by atoms with Crippen molar-refractivity contribution in [1.29, 1.82) is 0 Å². The summed E-state index contributed by atoms with van der Waals surface area (Å²) in [5.74, 6) is -1.64. The van der Waals surface area contributed by atoms with Gasteiger partial charge >= 0.3 is 5.97 Å². The average Bonchev–Trinajstić information content (AvgIpc) is 2.87. The largest absolute Gasteiger partial charge is 0.478 e. The number of Topliss-reactive ketones (excluding diaryl/α,β-unsaturated/α-hetero) is 1. The Balaban J connectivity index is 1.58. The minimum absolute atomic E-state index is 0.00230. The summed E-state index contributed by atoms with van der Waals surface area (Å²) in [6.45, 7) is 10.1. The summed E-state index contributed by atoms with van der Waals surface area (Å²) in [5, 5.41) is 15.1. The molecule has 0 aliphatic carbocycles. The molecule has 1 unspecified atom stereocenters. The van der Waals surface area contributed by atoms with Crippen molar-refractivity contribution >= 4 is 40.6 Å². The number of ketones is 1. The van der Waals surface area contributed by atoms with E-state index in [-0.39, 0.29) is 28.5 Å². The number of carbonyl (C=O) groups is 3. The zero-order valence-electron chi connectivity index (χ0n) is 22.1. The minimum atomic E-state index is -1.02. The number of carbonyl (C=O) groups excluding carboxylic acids is 2. The van der Waals surface area contributed by atoms with E-state index < -0.39 is 11.9 Å². The molecule has 0 fully saturated rings. The SMILES string of the molecule is Cc1c(NC(=O)c2ccc(C(C)(C)C)cc2)cccc1C1=CC(C)C(=O)C(Nc2ccc(C(=O)O)cc2)=N1. The van der Waals surface area contributed by atoms with E-state index in [0.29, 0.717) is 22.6 Å². The molecule has 1 amide bonds. The number of amides is 1. The highest BCUT2D eigenvalue weighted by molar-refractivity contribution is 6.45. The van der Waals surface area contributed by atoms with E-state index in [1.54, 1.807) is 25.1 Å². The topological polar surface area (TPSA) is 108 Å². The molecule has 4 rings (SSSR count). The second-order valence-corrected chi connectivity index (χ2v) is 10.4. The van der Waals surface area contributed by atoms with Gasteiger partial charge in [-0.05, 0) is 72.0 Å². The van der Waals surface area contributed by atoms with Crippen LogP contribution in [0.2, 0.25) is 0 Å². The summed E-state index contributed by atoms with van der Waals surface area (Å²) in [5.41, 5.74) is 5.34. The molecule has 0 saturated heterocycles. The molecule has 1 aliphatic heterocycles. The van der Waals surface area contributed by atoms with Crippen LogP contribution < -0.4 is 10.6 Å². The number of carboxylic acids is 1. The summed E-state index contributed by atoms with van der Waals surface area (Å²) in [6, 6.07) is 19.3. The number of carboxylic acid groups (broad SMARTS) is 1. The number of aliphatic imine (C=N–C) groups is 1. The molecule has 0 radical (unpaired) electrons. The van der Waals surface area contributed by atoms with Crippen LogP contribution in [0.1, 0.15) is 65.1 Å². The van der Waals surface area contributed by atoms with E-state index in [1.807, 2.05) is 49.4 Å². The highest BCUT2D eigenvalue weighted by atomic mass is 16.4. The van der Waals surface area contributed by atoms with Crippen molar-refractivity contribution in [3.05, 3.63) is 101 Å². The smallest absolute Gasteiger partial charge is 0.335 e. The van der Waals surface area contributed by atoms with Crippen LogP contribution in [0.4, 0.5) is 11.4 Å². The number of rotatable bonds is 5. The molecule has 0 aromatic heterocycles. The summed E-state index contributed by atoms with van der Waals surface area (Å²) >= 11 is 0. The van der Waals surface area contributed by atoms with Crippen LogP contribution in [0.3, 0.4) is 0 Å². The van der Waals surface area contributed by atoms with E-state index in [0.717, 1.165) is 16.7 Å². The molecule has 1 heterocycles. The van der Waals surface area contributed by atoms with Crippen LogP contribution in [-0.4, -0.2) is 28.6 Å². The molecule has 0 saturated carbocycles. The Morgan fingerprint density at radius 1 is 0.921 bits per heavy atom. The molecule has 38 heavy (non-hydrogen) atoms. The van der Waals surface area contributed by atoms with Crippen molar-refractivity contribution in [2.24, 2.45) is 10.9 Å². The quantitative estimate of drug-likeness (QED) is 0.373. The number of nitrogens with one attached hydrogen (secondary N) is 2. The molecule has 3 N–H and O–H groups in total. The minimum Gasteiger partial charge on any atom is -0.478 e. The fourth-order valence-corrected chi connectivity index (χ4v) is 4.18. The Labute approximate surface area is 222 Å². The van der Waals surface area contributed by atoms with Crippen molar-refractivity contribution < 1.29 is 19.5 Å². The maximum atomic E-state index is 13.0. The molecule has 194 valence electrons. The zero-order valence-corrected chi connectivity index (χ0v) is 22.1. The number of aromatic carboxylic acids is 1. The Morgan fingerprint density at radius 2 is 1.55 bits per heavy atom. The van der Waals surface area contributed by atoms with Crippen LogP contribution in [-0.2, 0) is 10.2 Å². The van der Waals surface area contributed by atoms with Gasteiger partial charge in [0.2, 0.25) is 5.78 Å². The third kappa shape index (κ3) is 5.72. The number of nitrogens with zero attached hydrogens (tertiary/aromatic N) is 1. The monoisotopic (exact) mass is 509 g/mol. The molecule has 0 spiro atoms. The summed E-state index contributed by atoms with van der Waals surface area (Å²) < 4.78 is 0. The first-order valence-electron chi connectivity index (χ1n) is 12.4. The Kier molecular flexibility index (Phi) is 7.30. The van der Waals surface area contributed by atoms with E-state index in [4.69, 9.17) is 5.11 Å². The van der Waals surface area contributed by atoms with Gasteiger partial charge in [-0.2, -0.15) is 0 Å². The van der Waals surface area contributed by atoms with Gasteiger partial charge < -0.3 is 15.7 Å². The lowest BCUT2D eigenvalue weighted by atomic mass is 9.86. The molecule has 7 nitrogen and oxygen atoms in total. The Hall–Kier alpha value is -4.52. The van der Waals surface area contributed by atoms with Gasteiger partial charge in [0.05, 0.1) is 11.3 Å². The van der Waals surface area contributed by atoms with Gasteiger partial charge in [-0.1, -0.05) is 52.0 Å². The highest BCUT2D eigenvalue weighted by Gasteiger charge is 2.25. The van der Waals surface area contributed by atoms with Gasteiger partial charge in [0.25, 0.3) is 5.91 Å². The number of allylic oxidation sites excluding steroid dienone is 1. The molecule has 1 atom stereocenters. The van der Waals surface area contributed by atoms with E-state index in [2.05, 4.69) is 36.4 Å². The standard InChI is InChI=1S/C31H31N3O4/c1-18-17-26(33-28(27(18)35)32-23-15-11-21(12-16-23)30(37)38)24-7-6-8-25(19(24)2)34-29(36)20-9-13-22(14-10-20)31(3,4)5/h6-18H,1-5H3,(H,32,33)(H,34,36)(H,37,38). The van der Waals surface area contributed by atoms with Gasteiger partial charge in [-0.3, -0.25) is 9.59 Å². The van der Waals surface area contributed by atoms with E-state index >= 15 is 0 Å². The first-order chi connectivity index (χ1) is 17.9. The average molecular weight is 510 g/mol. The first-order valence-corrected chi connectivity index (χ1v) is 12.4. The maximum absolute atomic E-state index is 13.0. The fraction of sp³-hybridized carbons (Fsp3) is 0.226. The fourth-order valence-electron chi connectivity index (χ4n) is 4.18. The van der Waals surface area contributed by atoms with Crippen LogP contribution in [0.5, 0.6) is 0 Å². The third-order valence-electron chi connectivity index (χ3n) is 6.55. The second kappa shape index (κ2) is 10.5. The molecule has 3 aromatic carbocycles. The lowest BCUT2D eigenvalue weighted by Gasteiger charge is -2.20. The van der Waals surface area contributed by atoms with Crippen molar-refractivity contribution in [2.45, 2.75) is 40.0 Å². The van der Waals surface area contributed by atoms with Crippen molar-refractivity contribution in [3.63, 3.8) is 0 Å². The molecular formula is C31H31N3O4. The van der Waals surface area contributed by atoms with Gasteiger partial charge in [0.15, 0.2) is 5.84 Å². The second-order valence-electron chi connectivity index (χ2n) is 10.4. The van der Waals surface area contributed by atoms with E-state index in [1.165, 1.54) is 12.1 Å². The number of hydrogen-bond donors (Lipinski definition) is 3. The van der Waals surface area contributed by atoms with E-state index in [9.17, 15) is 14.4 Å². The van der Waals surface area contributed by atoms with Crippen LogP contribution in [0.15, 0.2) is 77.8 Å². The Morgan fingerprint density at radius 3 is 2.16 bits per heavy atom. The number of benzene rings is 3. The number of amidine groups is 1. The zero-order chi connectivity index (χ0) is 27.6. The summed E-state index contributed by atoms with van der Waals surface area (Å²) in [4.78, 5) is 41.5. The van der Waals surface area contributed by atoms with Crippen LogP contribution in [0, 0.1) is 12.8 Å². The molecule has 0 bridgehead atoms. The number of hydrogen-bond acceptors (Lipinski definition) is 5. The van der Waals surface area contributed by atoms with Gasteiger partial charge in [-0.15, -0.1) is 0 Å². The van der Waals surface area contributed by atoms with Gasteiger partial charge in [-0.25, -0.2) is 9.79 Å². The first kappa shape index (κ1) is 26.5. The van der Waals surface area contributed by atoms with Crippen molar-refractivity contribution in [2.75, 3.05) is 10.6 Å². The maximum Gasteiger partial charge on any atom is 0.335 e. The lowest BCUT2D eigenvalue weighted by Crippen LogP contribution is -2.30. The normalized spacial score (nSPS) is 15.4. The molecule has 3 aromatic rings. The van der Waals surface area contributed by atoms with Gasteiger partial charge in [0, 0.05) is 28.4 Å². The molecule has 1 aliphatic rings. The summed E-state index contributed by atoms with van der Waals surface area (Å²) in [6.07, 6.45) is 1.81. The predicted octanol–water partition coefficient (Wildman–Crippen LogP) is 6.31.